The Kier molecular flexibility index (Phi) is 3.88. The molecule has 0 saturated carbocycles. The van der Waals surface area contributed by atoms with Gasteiger partial charge >= 0.3 is 11.9 Å². The maximum absolute atomic E-state index is 11.6. The van der Waals surface area contributed by atoms with Gasteiger partial charge in [-0.25, -0.2) is 4.79 Å². The van der Waals surface area contributed by atoms with Crippen LogP contribution in [0.25, 0.3) is 0 Å². The molecule has 1 aliphatic heterocycles. The van der Waals surface area contributed by atoms with E-state index in [0.717, 1.165) is 0 Å². The van der Waals surface area contributed by atoms with Crippen molar-refractivity contribution in [1.29, 1.82) is 0 Å². The molecule has 0 aromatic heterocycles. The van der Waals surface area contributed by atoms with Gasteiger partial charge in [-0.05, 0) is 13.8 Å². The topological polar surface area (TPSA) is 78.9 Å². The first-order valence-corrected chi connectivity index (χ1v) is 4.98. The van der Waals surface area contributed by atoms with Crippen LogP contribution in [0, 0.1) is 5.92 Å². The Labute approximate surface area is 98.5 Å². The van der Waals surface area contributed by atoms with E-state index in [1.165, 1.54) is 28.1 Å². The molecular formula is C11H14O6. The average Bonchev–Trinajstić information content (AvgIpc) is 2.64. The molecule has 0 amide bonds. The van der Waals surface area contributed by atoms with E-state index in [-0.39, 0.29) is 17.1 Å². The summed E-state index contributed by atoms with van der Waals surface area (Å²) in [6.45, 7) is 2.83. The van der Waals surface area contributed by atoms with E-state index in [2.05, 4.69) is 9.47 Å². The molecule has 0 spiro atoms. The van der Waals surface area contributed by atoms with Crippen LogP contribution in [0.2, 0.25) is 0 Å². The van der Waals surface area contributed by atoms with E-state index in [1.54, 1.807) is 0 Å². The normalized spacial score (nSPS) is 23.1. The molecule has 0 radical (unpaired) electrons. The van der Waals surface area contributed by atoms with Gasteiger partial charge in [0.05, 0.1) is 19.8 Å². The van der Waals surface area contributed by atoms with Crippen LogP contribution >= 0.6 is 0 Å². The van der Waals surface area contributed by atoms with Crippen molar-refractivity contribution in [2.45, 2.75) is 20.0 Å². The van der Waals surface area contributed by atoms with Crippen molar-refractivity contribution >= 4 is 17.7 Å². The second kappa shape index (κ2) is 4.99. The maximum Gasteiger partial charge on any atom is 0.348 e. The van der Waals surface area contributed by atoms with Gasteiger partial charge in [0.15, 0.2) is 5.78 Å². The lowest BCUT2D eigenvalue weighted by Crippen LogP contribution is -2.36. The number of carbonyl (C=O) groups is 3. The van der Waals surface area contributed by atoms with Crippen molar-refractivity contribution in [3.8, 4) is 0 Å². The Morgan fingerprint density at radius 2 is 1.65 bits per heavy atom. The molecule has 6 nitrogen and oxygen atoms in total. The van der Waals surface area contributed by atoms with Crippen molar-refractivity contribution < 1.29 is 28.6 Å². The first-order valence-electron chi connectivity index (χ1n) is 4.98. The van der Waals surface area contributed by atoms with Crippen LogP contribution in [0.5, 0.6) is 0 Å². The fourth-order valence-corrected chi connectivity index (χ4v) is 1.83. The summed E-state index contributed by atoms with van der Waals surface area (Å²) in [4.78, 5) is 34.5. The third-order valence-electron chi connectivity index (χ3n) is 2.56. The van der Waals surface area contributed by atoms with Gasteiger partial charge in [0.1, 0.15) is 11.7 Å². The molecule has 0 bridgehead atoms. The largest absolute Gasteiger partial charge is 0.482 e. The molecule has 0 N–H and O–H groups in total. The van der Waals surface area contributed by atoms with E-state index in [4.69, 9.17) is 4.74 Å². The first kappa shape index (κ1) is 13.2. The Balaban J connectivity index is 3.13. The van der Waals surface area contributed by atoms with Crippen LogP contribution in [0.1, 0.15) is 13.8 Å². The van der Waals surface area contributed by atoms with Gasteiger partial charge in [-0.2, -0.15) is 0 Å². The van der Waals surface area contributed by atoms with Crippen LogP contribution in [0.4, 0.5) is 0 Å². The molecule has 2 unspecified atom stereocenters. The van der Waals surface area contributed by atoms with Crippen LogP contribution in [-0.4, -0.2) is 38.0 Å². The fraction of sp³-hybridized carbons (Fsp3) is 0.545. The van der Waals surface area contributed by atoms with Crippen LogP contribution in [-0.2, 0) is 28.6 Å². The van der Waals surface area contributed by atoms with Crippen molar-refractivity contribution in [3.05, 3.63) is 11.3 Å². The number of carbonyl (C=O) groups excluding carboxylic acids is 3. The van der Waals surface area contributed by atoms with E-state index in [1.807, 2.05) is 0 Å². The van der Waals surface area contributed by atoms with Gasteiger partial charge in [0.2, 0.25) is 6.10 Å². The van der Waals surface area contributed by atoms with Gasteiger partial charge in [-0.15, -0.1) is 0 Å². The zero-order valence-electron chi connectivity index (χ0n) is 10.1. The summed E-state index contributed by atoms with van der Waals surface area (Å²) in [5.74, 6) is -2.53. The Morgan fingerprint density at radius 1 is 1.12 bits per heavy atom. The summed E-state index contributed by atoms with van der Waals surface area (Å²) in [6, 6.07) is 0. The molecule has 0 fully saturated rings. The third-order valence-corrected chi connectivity index (χ3v) is 2.56. The summed E-state index contributed by atoms with van der Waals surface area (Å²) in [7, 11) is 2.36. The zero-order valence-corrected chi connectivity index (χ0v) is 10.1. The van der Waals surface area contributed by atoms with Crippen molar-refractivity contribution in [2.75, 3.05) is 14.2 Å². The summed E-state index contributed by atoms with van der Waals surface area (Å²) in [5, 5.41) is 0. The van der Waals surface area contributed by atoms with Crippen LogP contribution < -0.4 is 0 Å². The van der Waals surface area contributed by atoms with Crippen molar-refractivity contribution in [3.63, 3.8) is 0 Å². The van der Waals surface area contributed by atoms with Crippen molar-refractivity contribution in [1.82, 2.24) is 0 Å². The summed E-state index contributed by atoms with van der Waals surface area (Å²) in [6.07, 6.45) is -1.15. The fourth-order valence-electron chi connectivity index (χ4n) is 1.83. The number of ketones is 1. The minimum atomic E-state index is -1.15. The lowest BCUT2D eigenvalue weighted by atomic mass is 9.92. The highest BCUT2D eigenvalue weighted by Crippen LogP contribution is 2.33. The highest BCUT2D eigenvalue weighted by molar-refractivity contribution is 6.02. The Bertz CT molecular complexity index is 395. The highest BCUT2D eigenvalue weighted by atomic mass is 16.6. The molecule has 1 aliphatic rings. The summed E-state index contributed by atoms with van der Waals surface area (Å²) >= 11 is 0. The number of ether oxygens (including phenoxy) is 3. The molecule has 2 atom stereocenters. The van der Waals surface area contributed by atoms with E-state index in [0.29, 0.717) is 0 Å². The minimum Gasteiger partial charge on any atom is -0.482 e. The highest BCUT2D eigenvalue weighted by Gasteiger charge is 2.47. The number of methoxy groups -OCH3 is 2. The smallest absolute Gasteiger partial charge is 0.348 e. The Hall–Kier alpha value is -1.85. The number of Topliss-reactive ketones (excluding diaryl/α,β-unsaturated/α-hetero) is 1. The van der Waals surface area contributed by atoms with Crippen LogP contribution in [0.3, 0.4) is 0 Å². The molecule has 17 heavy (non-hydrogen) atoms. The molecule has 0 aromatic carbocycles. The predicted molar refractivity (Wildman–Crippen MR) is 55.8 cm³/mol. The van der Waals surface area contributed by atoms with E-state index in [9.17, 15) is 14.4 Å². The van der Waals surface area contributed by atoms with E-state index >= 15 is 0 Å². The Morgan fingerprint density at radius 3 is 2.06 bits per heavy atom. The summed E-state index contributed by atoms with van der Waals surface area (Å²) < 4.78 is 14.3. The van der Waals surface area contributed by atoms with E-state index < -0.39 is 24.0 Å². The maximum atomic E-state index is 11.6. The average molecular weight is 242 g/mol. The van der Waals surface area contributed by atoms with Gasteiger partial charge < -0.3 is 14.2 Å². The molecular weight excluding hydrogens is 228 g/mol. The lowest BCUT2D eigenvalue weighted by molar-refractivity contribution is -0.160. The number of hydrogen-bond acceptors (Lipinski definition) is 6. The molecule has 1 heterocycles. The molecule has 1 rings (SSSR count). The van der Waals surface area contributed by atoms with Crippen LogP contribution in [0.15, 0.2) is 11.3 Å². The lowest BCUT2D eigenvalue weighted by Gasteiger charge is -2.16. The quantitative estimate of drug-likeness (QED) is 0.658. The molecule has 0 aliphatic carbocycles. The predicted octanol–water partition coefficient (Wildman–Crippen LogP) is 0.210. The second-order valence-electron chi connectivity index (χ2n) is 3.59. The molecule has 0 aromatic rings. The van der Waals surface area contributed by atoms with Gasteiger partial charge in [0, 0.05) is 0 Å². The second-order valence-corrected chi connectivity index (χ2v) is 3.59. The SMILES string of the molecule is COC(=O)C1OC(C)=C(C(C)=O)C1C(=O)OC. The zero-order chi connectivity index (χ0) is 13.2. The minimum absolute atomic E-state index is 0.159. The number of allylic oxidation sites excluding steroid dienone is 1. The van der Waals surface area contributed by atoms with Crippen molar-refractivity contribution in [2.24, 2.45) is 5.92 Å². The molecule has 94 valence electrons. The third kappa shape index (κ3) is 2.30. The molecule has 0 saturated heterocycles. The number of hydrogen-bond donors (Lipinski definition) is 0. The number of esters is 2. The number of rotatable bonds is 3. The first-order chi connectivity index (χ1) is 7.93. The van der Waals surface area contributed by atoms with Gasteiger partial charge in [-0.3, -0.25) is 9.59 Å². The summed E-state index contributed by atoms with van der Waals surface area (Å²) in [5.41, 5.74) is 0.159. The standard InChI is InChI=1S/C11H14O6/c1-5(12)7-6(2)17-9(11(14)16-4)8(7)10(13)15-3/h8-9H,1-4H3. The monoisotopic (exact) mass is 242 g/mol. The molecule has 6 heteroatoms. The van der Waals surface area contributed by atoms with Gasteiger partial charge in [-0.1, -0.05) is 0 Å². The van der Waals surface area contributed by atoms with Gasteiger partial charge in [0.25, 0.3) is 0 Å².